The molecule has 0 heterocycles. The number of hydrogen-bond donors (Lipinski definition) is 2. The molecule has 30 heavy (non-hydrogen) atoms. The molecule has 0 saturated carbocycles. The third kappa shape index (κ3) is 7.12. The van der Waals surface area contributed by atoms with Crippen LogP contribution < -0.4 is 14.9 Å². The Morgan fingerprint density at radius 2 is 1.87 bits per heavy atom. The fraction of sp³-hybridized carbons (Fsp3) is 0.300. The Morgan fingerprint density at radius 3 is 2.53 bits per heavy atom. The van der Waals surface area contributed by atoms with E-state index in [0.717, 1.165) is 10.6 Å². The third-order valence-corrected chi connectivity index (χ3v) is 5.67. The summed E-state index contributed by atoms with van der Waals surface area (Å²) in [4.78, 5) is 25.1. The van der Waals surface area contributed by atoms with Crippen molar-refractivity contribution in [2.24, 2.45) is 0 Å². The number of benzene rings is 2. The Balaban J connectivity index is 2.14. The van der Waals surface area contributed by atoms with Crippen molar-refractivity contribution in [1.29, 1.82) is 0 Å². The highest BCUT2D eigenvalue weighted by molar-refractivity contribution is 9.10. The van der Waals surface area contributed by atoms with Gasteiger partial charge in [0.25, 0.3) is 5.91 Å². The van der Waals surface area contributed by atoms with E-state index in [1.54, 1.807) is 55.6 Å². The topological polar surface area (TPSA) is 105 Å². The molecule has 2 aromatic rings. The maximum atomic E-state index is 12.6. The second kappa shape index (κ2) is 11.1. The summed E-state index contributed by atoms with van der Waals surface area (Å²) in [6.07, 6.45) is 1.69. The van der Waals surface area contributed by atoms with Crippen molar-refractivity contribution in [3.63, 3.8) is 0 Å². The Kier molecular flexibility index (Phi) is 8.82. The Morgan fingerprint density at radius 1 is 1.13 bits per heavy atom. The Bertz CT molecular complexity index is 997. The normalized spacial score (nSPS) is 11.0. The molecule has 0 unspecified atom stereocenters. The van der Waals surface area contributed by atoms with E-state index in [9.17, 15) is 18.0 Å². The van der Waals surface area contributed by atoms with Crippen LogP contribution in [0.25, 0.3) is 0 Å². The molecule has 8 nitrogen and oxygen atoms in total. The number of amides is 2. The highest BCUT2D eigenvalue weighted by atomic mass is 79.9. The molecule has 162 valence electrons. The molecular weight excluding hydrogens is 474 g/mol. The second-order valence-electron chi connectivity index (χ2n) is 6.45. The molecule has 0 aromatic heterocycles. The fourth-order valence-electron chi connectivity index (χ4n) is 2.66. The lowest BCUT2D eigenvalue weighted by Crippen LogP contribution is -2.37. The standard InChI is InChI=1S/C20H24BrN3O5S/c1-29-12-6-11-22-20(26)17-9-3-4-10-18(17)23-19(25)14-24(30(2,27)28)16-8-5-7-15(21)13-16/h3-5,7-10,13H,6,11-12,14H2,1-2H3,(H,22,26)(H,23,25). The van der Waals surface area contributed by atoms with Crippen LogP contribution >= 0.6 is 15.9 Å². The predicted octanol–water partition coefficient (Wildman–Crippen LogP) is 2.62. The van der Waals surface area contributed by atoms with E-state index in [1.165, 1.54) is 0 Å². The van der Waals surface area contributed by atoms with E-state index in [0.29, 0.717) is 35.4 Å². The SMILES string of the molecule is COCCCNC(=O)c1ccccc1NC(=O)CN(c1cccc(Br)c1)S(C)(=O)=O. The average Bonchev–Trinajstić information content (AvgIpc) is 2.69. The van der Waals surface area contributed by atoms with Crippen LogP contribution in [-0.4, -0.2) is 53.3 Å². The maximum absolute atomic E-state index is 12.6. The summed E-state index contributed by atoms with van der Waals surface area (Å²) in [5, 5.41) is 5.40. The van der Waals surface area contributed by atoms with Crippen molar-refractivity contribution in [3.8, 4) is 0 Å². The van der Waals surface area contributed by atoms with Gasteiger partial charge in [0, 0.05) is 24.7 Å². The average molecular weight is 498 g/mol. The van der Waals surface area contributed by atoms with Gasteiger partial charge < -0.3 is 15.4 Å². The van der Waals surface area contributed by atoms with Gasteiger partial charge in [0.05, 0.1) is 23.2 Å². The largest absolute Gasteiger partial charge is 0.385 e. The third-order valence-electron chi connectivity index (χ3n) is 4.04. The van der Waals surface area contributed by atoms with Crippen LogP contribution in [0.15, 0.2) is 53.0 Å². The molecule has 0 aliphatic carbocycles. The number of anilines is 2. The van der Waals surface area contributed by atoms with E-state index in [4.69, 9.17) is 4.74 Å². The summed E-state index contributed by atoms with van der Waals surface area (Å²) in [5.41, 5.74) is 0.942. The van der Waals surface area contributed by atoms with Gasteiger partial charge >= 0.3 is 0 Å². The minimum atomic E-state index is -3.71. The zero-order valence-corrected chi connectivity index (χ0v) is 19.1. The van der Waals surface area contributed by atoms with Gasteiger partial charge in [-0.3, -0.25) is 13.9 Å². The van der Waals surface area contributed by atoms with Crippen LogP contribution in [0.1, 0.15) is 16.8 Å². The number of carbonyl (C=O) groups excluding carboxylic acids is 2. The van der Waals surface area contributed by atoms with Crippen LogP contribution in [0.5, 0.6) is 0 Å². The molecule has 2 amide bonds. The molecule has 0 atom stereocenters. The first-order valence-corrected chi connectivity index (χ1v) is 11.8. The van der Waals surface area contributed by atoms with Crippen molar-refractivity contribution < 1.29 is 22.7 Å². The van der Waals surface area contributed by atoms with Crippen LogP contribution in [0.2, 0.25) is 0 Å². The Hall–Kier alpha value is -2.43. The van der Waals surface area contributed by atoms with E-state index in [1.807, 2.05) is 0 Å². The molecule has 0 aliphatic heterocycles. The van der Waals surface area contributed by atoms with Gasteiger partial charge in [0.1, 0.15) is 6.54 Å². The van der Waals surface area contributed by atoms with Crippen LogP contribution in [0, 0.1) is 0 Å². The van der Waals surface area contributed by atoms with E-state index in [2.05, 4.69) is 26.6 Å². The van der Waals surface area contributed by atoms with Crippen molar-refractivity contribution in [2.75, 3.05) is 42.7 Å². The van der Waals surface area contributed by atoms with Crippen molar-refractivity contribution in [2.45, 2.75) is 6.42 Å². The second-order valence-corrected chi connectivity index (χ2v) is 9.27. The van der Waals surface area contributed by atoms with Crippen molar-refractivity contribution in [1.82, 2.24) is 5.32 Å². The van der Waals surface area contributed by atoms with Crippen LogP contribution in [0.4, 0.5) is 11.4 Å². The molecule has 0 saturated heterocycles. The minimum Gasteiger partial charge on any atom is -0.385 e. The number of para-hydroxylation sites is 1. The number of halogens is 1. The van der Waals surface area contributed by atoms with Gasteiger partial charge in [0.2, 0.25) is 15.9 Å². The van der Waals surface area contributed by atoms with E-state index < -0.39 is 22.5 Å². The molecular formula is C20H24BrN3O5S. The van der Waals surface area contributed by atoms with Crippen molar-refractivity contribution in [3.05, 3.63) is 58.6 Å². The number of rotatable bonds is 10. The molecule has 0 fully saturated rings. The van der Waals surface area contributed by atoms with Crippen LogP contribution in [0.3, 0.4) is 0 Å². The van der Waals surface area contributed by atoms with Gasteiger partial charge in [-0.05, 0) is 36.8 Å². The fourth-order valence-corrected chi connectivity index (χ4v) is 3.89. The molecule has 2 aromatic carbocycles. The van der Waals surface area contributed by atoms with Gasteiger partial charge in [-0.2, -0.15) is 0 Å². The lowest BCUT2D eigenvalue weighted by atomic mass is 10.1. The molecule has 0 radical (unpaired) electrons. The smallest absolute Gasteiger partial charge is 0.253 e. The zero-order valence-electron chi connectivity index (χ0n) is 16.7. The molecule has 0 bridgehead atoms. The quantitative estimate of drug-likeness (QED) is 0.490. The molecule has 2 N–H and O–H groups in total. The molecule has 2 rings (SSSR count). The number of methoxy groups -OCH3 is 1. The van der Waals surface area contributed by atoms with Gasteiger partial charge in [0.15, 0.2) is 0 Å². The van der Waals surface area contributed by atoms with Crippen molar-refractivity contribution >= 4 is 49.1 Å². The summed E-state index contributed by atoms with van der Waals surface area (Å²) in [6.45, 7) is 0.522. The Labute approximate surface area is 184 Å². The van der Waals surface area contributed by atoms with E-state index >= 15 is 0 Å². The number of nitrogens with one attached hydrogen (secondary N) is 2. The molecule has 10 heteroatoms. The first kappa shape index (κ1) is 23.8. The summed E-state index contributed by atoms with van der Waals surface area (Å²) in [6, 6.07) is 13.2. The van der Waals surface area contributed by atoms with Gasteiger partial charge in [-0.1, -0.05) is 34.1 Å². The number of carbonyl (C=O) groups is 2. The first-order valence-electron chi connectivity index (χ1n) is 9.11. The van der Waals surface area contributed by atoms with Gasteiger partial charge in [-0.15, -0.1) is 0 Å². The molecule has 0 aliphatic rings. The summed E-state index contributed by atoms with van der Waals surface area (Å²) in [5.74, 6) is -0.908. The first-order chi connectivity index (χ1) is 14.2. The summed E-state index contributed by atoms with van der Waals surface area (Å²) in [7, 11) is -2.12. The van der Waals surface area contributed by atoms with E-state index in [-0.39, 0.29) is 11.5 Å². The lowest BCUT2D eigenvalue weighted by molar-refractivity contribution is -0.114. The zero-order chi connectivity index (χ0) is 22.1. The highest BCUT2D eigenvalue weighted by Gasteiger charge is 2.22. The summed E-state index contributed by atoms with van der Waals surface area (Å²) >= 11 is 3.30. The number of sulfonamides is 1. The van der Waals surface area contributed by atoms with Crippen LogP contribution in [-0.2, 0) is 19.6 Å². The number of ether oxygens (including phenoxy) is 1. The number of hydrogen-bond acceptors (Lipinski definition) is 5. The van der Waals surface area contributed by atoms with Gasteiger partial charge in [-0.25, -0.2) is 8.42 Å². The number of nitrogens with zero attached hydrogens (tertiary/aromatic N) is 1. The minimum absolute atomic E-state index is 0.289. The predicted molar refractivity (Wildman–Crippen MR) is 120 cm³/mol. The maximum Gasteiger partial charge on any atom is 0.253 e. The highest BCUT2D eigenvalue weighted by Crippen LogP contribution is 2.22. The molecule has 0 spiro atoms. The summed E-state index contributed by atoms with van der Waals surface area (Å²) < 4.78 is 31.1. The monoisotopic (exact) mass is 497 g/mol. The lowest BCUT2D eigenvalue weighted by Gasteiger charge is -2.22.